The summed E-state index contributed by atoms with van der Waals surface area (Å²) in [5.41, 5.74) is 2.00. The number of rotatable bonds is 6. The molecule has 3 aromatic rings. The summed E-state index contributed by atoms with van der Waals surface area (Å²) in [7, 11) is 1.66. The fraction of sp³-hybridized carbons (Fsp3) is 0.333. The summed E-state index contributed by atoms with van der Waals surface area (Å²) in [4.78, 5) is 32.6. The van der Waals surface area contributed by atoms with E-state index in [2.05, 4.69) is 15.1 Å². The van der Waals surface area contributed by atoms with Gasteiger partial charge in [-0.05, 0) is 67.4 Å². The van der Waals surface area contributed by atoms with Gasteiger partial charge in [-0.15, -0.1) is 0 Å². The average Bonchev–Trinajstić information content (AvgIpc) is 3.52. The van der Waals surface area contributed by atoms with E-state index < -0.39 is 17.6 Å². The van der Waals surface area contributed by atoms with Crippen molar-refractivity contribution >= 4 is 28.9 Å². The number of carbonyl (C=O) groups excluding carboxylic acids is 2. The smallest absolute Gasteiger partial charge is 0.416 e. The van der Waals surface area contributed by atoms with E-state index in [0.29, 0.717) is 37.4 Å². The summed E-state index contributed by atoms with van der Waals surface area (Å²) in [6, 6.07) is 17.2. The minimum atomic E-state index is -4.48. The highest BCUT2D eigenvalue weighted by molar-refractivity contribution is 6.06. The number of hydrogen-bond donors (Lipinski definition) is 1. The summed E-state index contributed by atoms with van der Waals surface area (Å²) < 4.78 is 44.2. The predicted molar refractivity (Wildman–Crippen MR) is 148 cm³/mol. The third-order valence-corrected chi connectivity index (χ3v) is 7.40. The first-order valence-corrected chi connectivity index (χ1v) is 13.3. The van der Waals surface area contributed by atoms with E-state index in [4.69, 9.17) is 4.74 Å². The van der Waals surface area contributed by atoms with Crippen LogP contribution in [0.3, 0.4) is 0 Å². The van der Waals surface area contributed by atoms with E-state index >= 15 is 0 Å². The molecule has 10 heteroatoms. The van der Waals surface area contributed by atoms with Crippen molar-refractivity contribution in [1.82, 2.24) is 4.90 Å². The van der Waals surface area contributed by atoms with Crippen molar-refractivity contribution in [1.29, 1.82) is 0 Å². The van der Waals surface area contributed by atoms with Gasteiger partial charge in [0, 0.05) is 56.2 Å². The minimum absolute atomic E-state index is 0.0923. The fourth-order valence-electron chi connectivity index (χ4n) is 5.24. The van der Waals surface area contributed by atoms with Gasteiger partial charge in [0.1, 0.15) is 5.75 Å². The molecule has 0 aromatic heterocycles. The zero-order valence-electron chi connectivity index (χ0n) is 22.2. The van der Waals surface area contributed by atoms with Gasteiger partial charge in [0.15, 0.2) is 0 Å². The SMILES string of the molecule is COc1ccccc1N1CCN(c2ccc(NC(=O)c3ccc(C(F)(F)F)cc3)cc2C(=O)N2CCCC2)CC1. The molecule has 7 nitrogen and oxygen atoms in total. The molecule has 0 saturated carbocycles. The molecule has 40 heavy (non-hydrogen) atoms. The number of para-hydroxylation sites is 2. The Morgan fingerprint density at radius 2 is 1.43 bits per heavy atom. The van der Waals surface area contributed by atoms with Crippen LogP contribution in [0.25, 0.3) is 0 Å². The normalized spacial score (nSPS) is 15.8. The summed E-state index contributed by atoms with van der Waals surface area (Å²) in [5.74, 6) is 0.172. The first kappa shape index (κ1) is 27.4. The Hall–Kier alpha value is -4.21. The molecule has 2 fully saturated rings. The molecule has 1 N–H and O–H groups in total. The molecule has 3 aromatic carbocycles. The fourth-order valence-corrected chi connectivity index (χ4v) is 5.24. The molecular formula is C30H31F3N4O3. The number of halogens is 3. The first-order valence-electron chi connectivity index (χ1n) is 13.3. The molecule has 2 aliphatic heterocycles. The molecule has 0 unspecified atom stereocenters. The number of piperazine rings is 1. The number of likely N-dealkylation sites (tertiary alicyclic amines) is 1. The Bertz CT molecular complexity index is 1360. The third kappa shape index (κ3) is 5.85. The Balaban J connectivity index is 1.36. The number of amides is 2. The van der Waals surface area contributed by atoms with Crippen molar-refractivity contribution in [3.05, 3.63) is 83.4 Å². The van der Waals surface area contributed by atoms with E-state index in [-0.39, 0.29) is 11.5 Å². The molecule has 2 aliphatic rings. The molecule has 210 valence electrons. The van der Waals surface area contributed by atoms with Crippen molar-refractivity contribution in [2.75, 3.05) is 61.5 Å². The molecule has 0 atom stereocenters. The number of alkyl halides is 3. The monoisotopic (exact) mass is 552 g/mol. The number of carbonyl (C=O) groups is 2. The van der Waals surface area contributed by atoms with Gasteiger partial charge in [-0.2, -0.15) is 13.2 Å². The van der Waals surface area contributed by atoms with Crippen LogP contribution in [0.5, 0.6) is 5.75 Å². The second-order valence-electron chi connectivity index (χ2n) is 9.91. The Kier molecular flexibility index (Phi) is 7.86. The van der Waals surface area contributed by atoms with Crippen molar-refractivity contribution in [3.63, 3.8) is 0 Å². The molecule has 0 bridgehead atoms. The maximum atomic E-state index is 13.6. The lowest BCUT2D eigenvalue weighted by Gasteiger charge is -2.38. The highest BCUT2D eigenvalue weighted by Gasteiger charge is 2.30. The summed E-state index contributed by atoms with van der Waals surface area (Å²) in [6.45, 7) is 4.23. The lowest BCUT2D eigenvalue weighted by atomic mass is 10.1. The summed E-state index contributed by atoms with van der Waals surface area (Å²) in [6.07, 6.45) is -2.58. The number of ether oxygens (including phenoxy) is 1. The Morgan fingerprint density at radius 3 is 2.05 bits per heavy atom. The van der Waals surface area contributed by atoms with Crippen LogP contribution in [0, 0.1) is 0 Å². The van der Waals surface area contributed by atoms with Gasteiger partial charge >= 0.3 is 6.18 Å². The second kappa shape index (κ2) is 11.5. The van der Waals surface area contributed by atoms with E-state index in [0.717, 1.165) is 67.3 Å². The number of hydrogen-bond acceptors (Lipinski definition) is 5. The lowest BCUT2D eigenvalue weighted by Crippen LogP contribution is -2.47. The van der Waals surface area contributed by atoms with Crippen molar-refractivity contribution in [3.8, 4) is 5.75 Å². The van der Waals surface area contributed by atoms with Gasteiger partial charge in [0.2, 0.25) is 0 Å². The number of methoxy groups -OCH3 is 1. The number of nitrogens with one attached hydrogen (secondary N) is 1. The van der Waals surface area contributed by atoms with Crippen molar-refractivity contribution in [2.45, 2.75) is 19.0 Å². The first-order chi connectivity index (χ1) is 19.2. The molecule has 0 aliphatic carbocycles. The third-order valence-electron chi connectivity index (χ3n) is 7.40. The van der Waals surface area contributed by atoms with E-state index in [1.165, 1.54) is 0 Å². The van der Waals surface area contributed by atoms with E-state index in [9.17, 15) is 22.8 Å². The summed E-state index contributed by atoms with van der Waals surface area (Å²) >= 11 is 0. The predicted octanol–water partition coefficient (Wildman–Crippen LogP) is 5.53. The molecule has 5 rings (SSSR count). The highest BCUT2D eigenvalue weighted by Crippen LogP contribution is 2.32. The van der Waals surface area contributed by atoms with Crippen LogP contribution in [-0.4, -0.2) is 63.1 Å². The molecule has 2 heterocycles. The van der Waals surface area contributed by atoms with Crippen LogP contribution in [0.1, 0.15) is 39.1 Å². The number of benzene rings is 3. The molecule has 0 spiro atoms. The largest absolute Gasteiger partial charge is 0.495 e. The Labute approximate surface area is 231 Å². The topological polar surface area (TPSA) is 65.1 Å². The van der Waals surface area contributed by atoms with Gasteiger partial charge in [-0.25, -0.2) is 0 Å². The maximum Gasteiger partial charge on any atom is 0.416 e. The maximum absolute atomic E-state index is 13.6. The molecule has 0 radical (unpaired) electrons. The van der Waals surface area contributed by atoms with E-state index in [1.807, 2.05) is 35.2 Å². The summed E-state index contributed by atoms with van der Waals surface area (Å²) in [5, 5.41) is 2.74. The van der Waals surface area contributed by atoms with E-state index in [1.54, 1.807) is 19.2 Å². The average molecular weight is 553 g/mol. The second-order valence-corrected chi connectivity index (χ2v) is 9.91. The minimum Gasteiger partial charge on any atom is -0.495 e. The number of anilines is 3. The molecule has 2 saturated heterocycles. The van der Waals surface area contributed by atoms with Crippen LogP contribution in [0.2, 0.25) is 0 Å². The molecular weight excluding hydrogens is 521 g/mol. The van der Waals surface area contributed by atoms with Gasteiger partial charge < -0.3 is 24.8 Å². The van der Waals surface area contributed by atoms with Gasteiger partial charge in [0.25, 0.3) is 11.8 Å². The zero-order chi connectivity index (χ0) is 28.3. The van der Waals surface area contributed by atoms with Gasteiger partial charge in [0.05, 0.1) is 23.9 Å². The lowest BCUT2D eigenvalue weighted by molar-refractivity contribution is -0.137. The van der Waals surface area contributed by atoms with Crippen LogP contribution in [0.4, 0.5) is 30.2 Å². The van der Waals surface area contributed by atoms with Crippen LogP contribution in [-0.2, 0) is 6.18 Å². The van der Waals surface area contributed by atoms with Crippen molar-refractivity contribution in [2.24, 2.45) is 0 Å². The van der Waals surface area contributed by atoms with Crippen LogP contribution >= 0.6 is 0 Å². The molecule has 2 amide bonds. The van der Waals surface area contributed by atoms with Gasteiger partial charge in [-0.3, -0.25) is 9.59 Å². The Morgan fingerprint density at radius 1 is 0.800 bits per heavy atom. The van der Waals surface area contributed by atoms with Crippen LogP contribution in [0.15, 0.2) is 66.7 Å². The number of nitrogens with zero attached hydrogens (tertiary/aromatic N) is 3. The standard InChI is InChI=1S/C30H31F3N4O3/c1-40-27-7-3-2-6-26(27)36-18-16-35(17-19-36)25-13-12-23(20-24(25)29(39)37-14-4-5-15-37)34-28(38)21-8-10-22(11-9-21)30(31,32)33/h2-3,6-13,20H,4-5,14-19H2,1H3,(H,34,38). The quantitative estimate of drug-likeness (QED) is 0.436. The highest BCUT2D eigenvalue weighted by atomic mass is 19.4. The van der Waals surface area contributed by atoms with Gasteiger partial charge in [-0.1, -0.05) is 12.1 Å². The van der Waals surface area contributed by atoms with Crippen molar-refractivity contribution < 1.29 is 27.5 Å². The zero-order valence-corrected chi connectivity index (χ0v) is 22.2. The van der Waals surface area contributed by atoms with Crippen LogP contribution < -0.4 is 19.9 Å².